The number of nitrogens with zero attached hydrogens (tertiary/aromatic N) is 4. The van der Waals surface area contributed by atoms with Gasteiger partial charge in [-0.2, -0.15) is 0 Å². The van der Waals surface area contributed by atoms with Crippen LogP contribution in [-0.4, -0.2) is 47.2 Å². The normalized spacial score (nSPS) is 14.4. The summed E-state index contributed by atoms with van der Waals surface area (Å²) in [5, 5.41) is 0.875. The summed E-state index contributed by atoms with van der Waals surface area (Å²) in [6, 6.07) is 3.53. The molecule has 1 aliphatic heterocycles. The maximum Gasteiger partial charge on any atom is 0.340 e. The molecule has 3 aromatic rings. The number of rotatable bonds is 4. The first-order valence-corrected chi connectivity index (χ1v) is 9.82. The Morgan fingerprint density at radius 3 is 2.79 bits per heavy atom. The molecule has 4 rings (SSSR count). The highest BCUT2D eigenvalue weighted by Crippen LogP contribution is 2.31. The number of aryl methyl sites for hydroxylation is 2. The number of fused-ring (bicyclic) bond motifs is 1. The van der Waals surface area contributed by atoms with Gasteiger partial charge in [0, 0.05) is 24.2 Å². The standard InChI is InChI=1S/C19H21N5O3S/c1-11-12(2)28-18-16(11)17(20)22-14(23-18)10-27-19(25)13-3-4-15(21-9-13)24-5-7-26-8-6-24/h3-4,9H,5-8,10H2,1-2H3,(H2,20,22,23). The first kappa shape index (κ1) is 18.6. The first-order chi connectivity index (χ1) is 13.5. The van der Waals surface area contributed by atoms with E-state index in [-0.39, 0.29) is 6.61 Å². The molecule has 2 N–H and O–H groups in total. The number of thiophene rings is 1. The fourth-order valence-electron chi connectivity index (χ4n) is 3.09. The second-order valence-corrected chi connectivity index (χ2v) is 7.77. The molecular formula is C19H21N5O3S. The summed E-state index contributed by atoms with van der Waals surface area (Å²) < 4.78 is 10.7. The molecule has 4 heterocycles. The number of nitrogen functional groups attached to an aromatic ring is 1. The Balaban J connectivity index is 1.43. The van der Waals surface area contributed by atoms with E-state index in [2.05, 4.69) is 19.9 Å². The highest BCUT2D eigenvalue weighted by Gasteiger charge is 2.16. The summed E-state index contributed by atoms with van der Waals surface area (Å²) in [6.07, 6.45) is 1.53. The zero-order valence-electron chi connectivity index (χ0n) is 15.8. The molecule has 0 atom stereocenters. The van der Waals surface area contributed by atoms with Crippen LogP contribution in [0.2, 0.25) is 0 Å². The Hall–Kier alpha value is -2.78. The van der Waals surface area contributed by atoms with E-state index in [9.17, 15) is 4.79 Å². The number of hydrogen-bond acceptors (Lipinski definition) is 9. The Kier molecular flexibility index (Phi) is 5.10. The third kappa shape index (κ3) is 3.63. The van der Waals surface area contributed by atoms with Crippen LogP contribution in [-0.2, 0) is 16.1 Å². The van der Waals surface area contributed by atoms with Crippen molar-refractivity contribution in [2.45, 2.75) is 20.5 Å². The smallest absolute Gasteiger partial charge is 0.340 e. The molecular weight excluding hydrogens is 378 g/mol. The van der Waals surface area contributed by atoms with Crippen molar-refractivity contribution in [3.63, 3.8) is 0 Å². The summed E-state index contributed by atoms with van der Waals surface area (Å²) >= 11 is 1.56. The average Bonchev–Trinajstić information content (AvgIpc) is 3.01. The molecule has 0 aliphatic carbocycles. The van der Waals surface area contributed by atoms with Crippen LogP contribution in [0.3, 0.4) is 0 Å². The molecule has 9 heteroatoms. The highest BCUT2D eigenvalue weighted by atomic mass is 32.1. The lowest BCUT2D eigenvalue weighted by atomic mass is 10.2. The van der Waals surface area contributed by atoms with Crippen molar-refractivity contribution in [1.82, 2.24) is 15.0 Å². The third-order valence-corrected chi connectivity index (χ3v) is 5.86. The van der Waals surface area contributed by atoms with Crippen molar-refractivity contribution < 1.29 is 14.3 Å². The molecule has 0 saturated carbocycles. The molecule has 1 saturated heterocycles. The van der Waals surface area contributed by atoms with Crippen LogP contribution in [0.5, 0.6) is 0 Å². The molecule has 0 bridgehead atoms. The van der Waals surface area contributed by atoms with E-state index >= 15 is 0 Å². The van der Waals surface area contributed by atoms with Gasteiger partial charge in [-0.25, -0.2) is 19.7 Å². The van der Waals surface area contributed by atoms with Crippen LogP contribution in [0.15, 0.2) is 18.3 Å². The van der Waals surface area contributed by atoms with Gasteiger partial charge in [0.05, 0.1) is 24.2 Å². The number of aromatic nitrogens is 3. The number of carbonyl (C=O) groups is 1. The zero-order chi connectivity index (χ0) is 19.7. The second kappa shape index (κ2) is 7.69. The average molecular weight is 399 g/mol. The number of carbonyl (C=O) groups excluding carboxylic acids is 1. The van der Waals surface area contributed by atoms with Crippen LogP contribution in [0.25, 0.3) is 10.2 Å². The molecule has 0 unspecified atom stereocenters. The first-order valence-electron chi connectivity index (χ1n) is 9.01. The third-order valence-electron chi connectivity index (χ3n) is 4.75. The highest BCUT2D eigenvalue weighted by molar-refractivity contribution is 7.18. The fraction of sp³-hybridized carbons (Fsp3) is 0.368. The van der Waals surface area contributed by atoms with Crippen molar-refractivity contribution in [1.29, 1.82) is 0 Å². The molecule has 0 aromatic carbocycles. The molecule has 146 valence electrons. The molecule has 8 nitrogen and oxygen atoms in total. The number of hydrogen-bond donors (Lipinski definition) is 1. The van der Waals surface area contributed by atoms with Crippen molar-refractivity contribution in [3.05, 3.63) is 40.2 Å². The summed E-state index contributed by atoms with van der Waals surface area (Å²) in [5.41, 5.74) is 7.54. The van der Waals surface area contributed by atoms with Crippen molar-refractivity contribution in [2.24, 2.45) is 0 Å². The summed E-state index contributed by atoms with van der Waals surface area (Å²) in [7, 11) is 0. The van der Waals surface area contributed by atoms with Gasteiger partial charge >= 0.3 is 5.97 Å². The second-order valence-electron chi connectivity index (χ2n) is 6.57. The van der Waals surface area contributed by atoms with E-state index in [0.29, 0.717) is 30.4 Å². The molecule has 28 heavy (non-hydrogen) atoms. The van der Waals surface area contributed by atoms with Gasteiger partial charge in [0.15, 0.2) is 12.4 Å². The van der Waals surface area contributed by atoms with Gasteiger partial charge in [-0.05, 0) is 31.5 Å². The van der Waals surface area contributed by atoms with Crippen LogP contribution in [0.1, 0.15) is 26.6 Å². The van der Waals surface area contributed by atoms with Gasteiger partial charge in [-0.3, -0.25) is 0 Å². The van der Waals surface area contributed by atoms with Crippen molar-refractivity contribution in [2.75, 3.05) is 36.9 Å². The lowest BCUT2D eigenvalue weighted by molar-refractivity contribution is 0.0462. The number of pyridine rings is 1. The molecule has 3 aromatic heterocycles. The van der Waals surface area contributed by atoms with E-state index in [1.165, 1.54) is 6.20 Å². The molecule has 0 amide bonds. The number of esters is 1. The minimum absolute atomic E-state index is 0.0415. The summed E-state index contributed by atoms with van der Waals surface area (Å²) in [6.45, 7) is 6.93. The number of nitrogens with two attached hydrogens (primary N) is 1. The lowest BCUT2D eigenvalue weighted by Crippen LogP contribution is -2.36. The topological polar surface area (TPSA) is 103 Å². The maximum atomic E-state index is 12.3. The van der Waals surface area contributed by atoms with Gasteiger partial charge in [-0.1, -0.05) is 0 Å². The Morgan fingerprint density at radius 2 is 2.07 bits per heavy atom. The van der Waals surface area contributed by atoms with E-state index < -0.39 is 5.97 Å². The van der Waals surface area contributed by atoms with Gasteiger partial charge in [-0.15, -0.1) is 11.3 Å². The predicted octanol–water partition coefficient (Wildman–Crippen LogP) is 2.48. The molecule has 1 aliphatic rings. The predicted molar refractivity (Wildman–Crippen MR) is 108 cm³/mol. The monoisotopic (exact) mass is 399 g/mol. The fourth-order valence-corrected chi connectivity index (χ4v) is 4.15. The minimum Gasteiger partial charge on any atom is -0.454 e. The van der Waals surface area contributed by atoms with E-state index in [4.69, 9.17) is 15.2 Å². The van der Waals surface area contributed by atoms with Gasteiger partial charge in [0.2, 0.25) is 0 Å². The van der Waals surface area contributed by atoms with E-state index in [1.807, 2.05) is 19.9 Å². The van der Waals surface area contributed by atoms with Crippen LogP contribution >= 0.6 is 11.3 Å². The summed E-state index contributed by atoms with van der Waals surface area (Å²) in [4.78, 5) is 29.5. The van der Waals surface area contributed by atoms with Crippen molar-refractivity contribution in [3.8, 4) is 0 Å². The van der Waals surface area contributed by atoms with Crippen LogP contribution in [0.4, 0.5) is 11.6 Å². The van der Waals surface area contributed by atoms with Gasteiger partial charge < -0.3 is 20.1 Å². The van der Waals surface area contributed by atoms with Crippen LogP contribution in [0, 0.1) is 13.8 Å². The molecule has 0 radical (unpaired) electrons. The number of ether oxygens (including phenoxy) is 2. The van der Waals surface area contributed by atoms with E-state index in [1.54, 1.807) is 17.4 Å². The Morgan fingerprint density at radius 1 is 1.29 bits per heavy atom. The minimum atomic E-state index is -0.471. The van der Waals surface area contributed by atoms with Gasteiger partial charge in [0.25, 0.3) is 0 Å². The molecule has 0 spiro atoms. The van der Waals surface area contributed by atoms with Crippen molar-refractivity contribution >= 4 is 39.2 Å². The Labute approximate surface area is 166 Å². The van der Waals surface area contributed by atoms with E-state index in [0.717, 1.165) is 39.6 Å². The van der Waals surface area contributed by atoms with Gasteiger partial charge in [0.1, 0.15) is 16.5 Å². The summed E-state index contributed by atoms with van der Waals surface area (Å²) in [5.74, 6) is 1.15. The molecule has 1 fully saturated rings. The SMILES string of the molecule is Cc1sc2nc(COC(=O)c3ccc(N4CCOCC4)nc3)nc(N)c2c1C. The largest absolute Gasteiger partial charge is 0.454 e. The number of morpholine rings is 1. The quantitative estimate of drug-likeness (QED) is 0.668. The lowest BCUT2D eigenvalue weighted by Gasteiger charge is -2.27. The maximum absolute atomic E-state index is 12.3. The zero-order valence-corrected chi connectivity index (χ0v) is 16.6. The number of anilines is 2. The van der Waals surface area contributed by atoms with Crippen LogP contribution < -0.4 is 10.6 Å². The Bertz CT molecular complexity index is 1010.